The summed E-state index contributed by atoms with van der Waals surface area (Å²) in [4.78, 5) is 29.1. The van der Waals surface area contributed by atoms with Crippen molar-refractivity contribution in [1.29, 1.82) is 0 Å². The lowest BCUT2D eigenvalue weighted by molar-refractivity contribution is 0.145. The molecule has 2 rings (SSSR count). The van der Waals surface area contributed by atoms with Crippen molar-refractivity contribution in [2.45, 2.75) is 111 Å². The fourth-order valence-electron chi connectivity index (χ4n) is 4.37. The maximum atomic E-state index is 13.0. The molecule has 9 heteroatoms. The van der Waals surface area contributed by atoms with Gasteiger partial charge >= 0.3 is 15.6 Å². The molecule has 0 saturated heterocycles. The van der Waals surface area contributed by atoms with Gasteiger partial charge in [0.15, 0.2) is 0 Å². The van der Waals surface area contributed by atoms with Gasteiger partial charge in [-0.15, -0.1) is 0 Å². The van der Waals surface area contributed by atoms with E-state index in [0.717, 1.165) is 22.3 Å². The summed E-state index contributed by atoms with van der Waals surface area (Å²) in [5, 5.41) is 0. The lowest BCUT2D eigenvalue weighted by Gasteiger charge is -2.34. The van der Waals surface area contributed by atoms with E-state index in [9.17, 15) is 23.8 Å². The zero-order valence-corrected chi connectivity index (χ0v) is 26.7. The van der Waals surface area contributed by atoms with Crippen molar-refractivity contribution in [2.75, 3.05) is 0 Å². The molecule has 7 nitrogen and oxygen atoms in total. The molecular formula is C29H46O7P2. The molecule has 0 spiro atoms. The SMILES string of the molecule is CC(C)(C)c1ccc(C(OP(=O)(O)OP(=O)(O)O)c2ccc(C(C)(C)C)cc2C(C)(C)C)c(C(C)(C)C)c1. The predicted octanol–water partition coefficient (Wildman–Crippen LogP) is 8.19. The molecule has 0 aliphatic rings. The fraction of sp³-hybridized carbons (Fsp3) is 0.586. The third kappa shape index (κ3) is 8.60. The van der Waals surface area contributed by atoms with Crippen LogP contribution < -0.4 is 0 Å². The van der Waals surface area contributed by atoms with E-state index in [2.05, 4.69) is 58.0 Å². The van der Waals surface area contributed by atoms with Crippen molar-refractivity contribution in [1.82, 2.24) is 0 Å². The van der Waals surface area contributed by atoms with Crippen molar-refractivity contribution >= 4 is 15.6 Å². The number of benzene rings is 2. The summed E-state index contributed by atoms with van der Waals surface area (Å²) in [6.07, 6.45) is -1.14. The molecular weight excluding hydrogens is 522 g/mol. The van der Waals surface area contributed by atoms with Gasteiger partial charge in [0.25, 0.3) is 0 Å². The maximum absolute atomic E-state index is 13.0. The minimum absolute atomic E-state index is 0.143. The van der Waals surface area contributed by atoms with Gasteiger partial charge in [0.05, 0.1) is 0 Å². The Morgan fingerprint density at radius 2 is 0.947 bits per heavy atom. The van der Waals surface area contributed by atoms with Gasteiger partial charge in [0, 0.05) is 0 Å². The van der Waals surface area contributed by atoms with Gasteiger partial charge in [0.2, 0.25) is 0 Å². The van der Waals surface area contributed by atoms with Crippen LogP contribution in [0.5, 0.6) is 0 Å². The monoisotopic (exact) mass is 568 g/mol. The van der Waals surface area contributed by atoms with Gasteiger partial charge in [-0.1, -0.05) is 119 Å². The van der Waals surface area contributed by atoms with Crippen molar-refractivity contribution in [3.05, 3.63) is 69.8 Å². The first kappa shape index (κ1) is 32.9. The first-order chi connectivity index (χ1) is 16.7. The molecule has 1 unspecified atom stereocenters. The maximum Gasteiger partial charge on any atom is 0.482 e. The van der Waals surface area contributed by atoms with E-state index in [-0.39, 0.29) is 21.7 Å². The molecule has 0 aromatic heterocycles. The molecule has 0 fully saturated rings. The minimum Gasteiger partial charge on any atom is -0.302 e. The third-order valence-corrected chi connectivity index (χ3v) is 8.62. The normalized spacial score (nSPS) is 15.6. The summed E-state index contributed by atoms with van der Waals surface area (Å²) >= 11 is 0. The van der Waals surface area contributed by atoms with Crippen LogP contribution in [0.2, 0.25) is 0 Å². The summed E-state index contributed by atoms with van der Waals surface area (Å²) in [5.41, 5.74) is 4.17. The van der Waals surface area contributed by atoms with Gasteiger partial charge in [0.1, 0.15) is 6.10 Å². The Balaban J connectivity index is 2.98. The highest BCUT2D eigenvalue weighted by Gasteiger charge is 2.39. The summed E-state index contributed by atoms with van der Waals surface area (Å²) in [5.74, 6) is 0. The molecule has 2 aromatic rings. The molecule has 0 aliphatic heterocycles. The summed E-state index contributed by atoms with van der Waals surface area (Å²) in [6, 6.07) is 11.9. The Morgan fingerprint density at radius 1 is 0.605 bits per heavy atom. The summed E-state index contributed by atoms with van der Waals surface area (Å²) in [6.45, 7) is 25.0. The molecule has 1 atom stereocenters. The zero-order valence-electron chi connectivity index (χ0n) is 24.9. The second-order valence-corrected chi connectivity index (χ2v) is 16.9. The van der Waals surface area contributed by atoms with Gasteiger partial charge in [-0.25, -0.2) is 9.13 Å². The number of hydrogen-bond donors (Lipinski definition) is 3. The molecule has 3 N–H and O–H groups in total. The molecule has 0 amide bonds. The number of phosphoric acid groups is 2. The number of hydrogen-bond acceptors (Lipinski definition) is 4. The summed E-state index contributed by atoms with van der Waals surface area (Å²) < 4.78 is 34.5. The highest BCUT2D eigenvalue weighted by molar-refractivity contribution is 7.60. The van der Waals surface area contributed by atoms with Gasteiger partial charge < -0.3 is 14.7 Å². The van der Waals surface area contributed by atoms with Crippen molar-refractivity contribution in [2.24, 2.45) is 0 Å². The van der Waals surface area contributed by atoms with E-state index in [4.69, 9.17) is 4.52 Å². The zero-order chi connectivity index (χ0) is 29.7. The molecule has 214 valence electrons. The van der Waals surface area contributed by atoms with E-state index in [0.29, 0.717) is 11.1 Å². The van der Waals surface area contributed by atoms with E-state index in [1.807, 2.05) is 65.8 Å². The van der Waals surface area contributed by atoms with Gasteiger partial charge in [-0.2, -0.15) is 4.31 Å². The van der Waals surface area contributed by atoms with Crippen molar-refractivity contribution in [3.8, 4) is 0 Å². The molecule has 0 saturated carbocycles. The Kier molecular flexibility index (Phi) is 9.17. The second kappa shape index (κ2) is 10.6. The highest BCUT2D eigenvalue weighted by Crippen LogP contribution is 2.61. The van der Waals surface area contributed by atoms with Crippen LogP contribution in [0, 0.1) is 0 Å². The van der Waals surface area contributed by atoms with Crippen LogP contribution in [-0.2, 0) is 39.6 Å². The molecule has 0 radical (unpaired) electrons. The molecule has 0 bridgehead atoms. The van der Waals surface area contributed by atoms with Crippen LogP contribution in [0.1, 0.15) is 123 Å². The van der Waals surface area contributed by atoms with Crippen LogP contribution in [-0.4, -0.2) is 14.7 Å². The van der Waals surface area contributed by atoms with Crippen molar-refractivity contribution < 1.29 is 32.6 Å². The second-order valence-electron chi connectivity index (χ2n) is 14.1. The fourth-order valence-corrected chi connectivity index (χ4v) is 6.09. The average molecular weight is 569 g/mol. The smallest absolute Gasteiger partial charge is 0.302 e. The van der Waals surface area contributed by atoms with Crippen LogP contribution in [0.4, 0.5) is 0 Å². The van der Waals surface area contributed by atoms with E-state index in [1.54, 1.807) is 0 Å². The Labute approximate surface area is 228 Å². The largest absolute Gasteiger partial charge is 0.482 e. The molecule has 0 heterocycles. The lowest BCUT2D eigenvalue weighted by atomic mass is 9.74. The van der Waals surface area contributed by atoms with E-state index >= 15 is 0 Å². The molecule has 2 aromatic carbocycles. The number of phosphoric ester groups is 1. The van der Waals surface area contributed by atoms with Crippen LogP contribution >= 0.6 is 15.6 Å². The average Bonchev–Trinajstić information content (AvgIpc) is 2.67. The van der Waals surface area contributed by atoms with Crippen LogP contribution in [0.25, 0.3) is 0 Å². The predicted molar refractivity (Wildman–Crippen MR) is 154 cm³/mol. The van der Waals surface area contributed by atoms with Crippen LogP contribution in [0.3, 0.4) is 0 Å². The first-order valence-electron chi connectivity index (χ1n) is 12.8. The van der Waals surface area contributed by atoms with Crippen LogP contribution in [0.15, 0.2) is 36.4 Å². The Morgan fingerprint density at radius 3 is 1.21 bits per heavy atom. The molecule has 38 heavy (non-hydrogen) atoms. The first-order valence-corrected chi connectivity index (χ1v) is 15.8. The lowest BCUT2D eigenvalue weighted by Crippen LogP contribution is -2.24. The highest BCUT2D eigenvalue weighted by atomic mass is 31.3. The molecule has 0 aliphatic carbocycles. The van der Waals surface area contributed by atoms with E-state index in [1.165, 1.54) is 0 Å². The quantitative estimate of drug-likeness (QED) is 0.301. The van der Waals surface area contributed by atoms with Crippen molar-refractivity contribution in [3.63, 3.8) is 0 Å². The Bertz CT molecular complexity index is 1170. The van der Waals surface area contributed by atoms with E-state index < -0.39 is 21.7 Å². The van der Waals surface area contributed by atoms with Gasteiger partial charge in [-0.05, 0) is 55.0 Å². The Hall–Kier alpha value is -1.30. The minimum atomic E-state index is -5.31. The standard InChI is InChI=1S/C29H46O7P2/c1-26(2,3)19-13-15-21(23(17-19)28(7,8)9)25(35-38(33,34)36-37(30,31)32)22-16-14-20(27(4,5)6)18-24(22)29(10,11)12/h13-18,25H,1-12H3,(H,33,34)(H2,30,31,32). The number of rotatable bonds is 6. The van der Waals surface area contributed by atoms with Gasteiger partial charge in [-0.3, -0.25) is 4.52 Å². The summed E-state index contributed by atoms with van der Waals surface area (Å²) in [7, 11) is -10.5. The third-order valence-electron chi connectivity index (χ3n) is 6.47. The topological polar surface area (TPSA) is 113 Å².